The van der Waals surface area contributed by atoms with Crippen molar-refractivity contribution in [2.75, 3.05) is 31.5 Å². The van der Waals surface area contributed by atoms with Gasteiger partial charge in [0.2, 0.25) is 0 Å². The Balaban J connectivity index is 1.37. The number of thiophene rings is 1. The second kappa shape index (κ2) is 8.23. The molecule has 0 spiro atoms. The maximum absolute atomic E-state index is 12.9. The lowest BCUT2D eigenvalue weighted by atomic mass is 10.1. The number of benzene rings is 1. The van der Waals surface area contributed by atoms with Gasteiger partial charge in [0.25, 0.3) is 11.8 Å². The molecule has 0 radical (unpaired) electrons. The highest BCUT2D eigenvalue weighted by Gasteiger charge is 2.28. The van der Waals surface area contributed by atoms with Gasteiger partial charge >= 0.3 is 0 Å². The van der Waals surface area contributed by atoms with Crippen LogP contribution in [-0.4, -0.2) is 53.8 Å². The standard InChI is InChI=1S/C21H25N3O2S/c25-20(19-9-4-14-27-19)22-17-6-3-5-16(15-17)21(26)24-12-10-23(11-13-24)18-7-1-2-8-18/h3-6,9,14-15,18H,1-2,7-8,10-13H2,(H,22,25). The number of nitrogens with zero attached hydrogens (tertiary/aromatic N) is 2. The van der Waals surface area contributed by atoms with E-state index in [1.54, 1.807) is 12.1 Å². The second-order valence-electron chi connectivity index (χ2n) is 7.28. The molecule has 2 amide bonds. The first-order chi connectivity index (χ1) is 13.2. The Hall–Kier alpha value is -2.18. The van der Waals surface area contributed by atoms with E-state index in [1.165, 1.54) is 37.0 Å². The third-order valence-electron chi connectivity index (χ3n) is 5.55. The summed E-state index contributed by atoms with van der Waals surface area (Å²) in [6, 6.07) is 11.6. The molecular weight excluding hydrogens is 358 g/mol. The molecule has 1 saturated carbocycles. The Bertz CT molecular complexity index is 792. The van der Waals surface area contributed by atoms with Crippen LogP contribution in [0.1, 0.15) is 45.7 Å². The van der Waals surface area contributed by atoms with Crippen LogP contribution in [0.25, 0.3) is 0 Å². The third kappa shape index (κ3) is 4.22. The topological polar surface area (TPSA) is 52.7 Å². The normalized spacial score (nSPS) is 18.6. The smallest absolute Gasteiger partial charge is 0.265 e. The average molecular weight is 384 g/mol. The minimum Gasteiger partial charge on any atom is -0.336 e. The largest absolute Gasteiger partial charge is 0.336 e. The number of anilines is 1. The molecule has 6 heteroatoms. The Morgan fingerprint density at radius 2 is 1.78 bits per heavy atom. The van der Waals surface area contributed by atoms with Crippen molar-refractivity contribution in [2.45, 2.75) is 31.7 Å². The summed E-state index contributed by atoms with van der Waals surface area (Å²) in [6.45, 7) is 3.48. The molecule has 2 aromatic rings. The van der Waals surface area contributed by atoms with E-state index in [0.29, 0.717) is 16.1 Å². The number of hydrogen-bond donors (Lipinski definition) is 1. The molecule has 1 aliphatic heterocycles. The summed E-state index contributed by atoms with van der Waals surface area (Å²) >= 11 is 1.40. The summed E-state index contributed by atoms with van der Waals surface area (Å²) in [5.41, 5.74) is 1.29. The number of piperazine rings is 1. The molecule has 0 bridgehead atoms. The maximum atomic E-state index is 12.9. The van der Waals surface area contributed by atoms with Crippen LogP contribution in [0.5, 0.6) is 0 Å². The van der Waals surface area contributed by atoms with Crippen molar-refractivity contribution in [1.82, 2.24) is 9.80 Å². The number of nitrogens with one attached hydrogen (secondary N) is 1. The predicted molar refractivity (Wildman–Crippen MR) is 108 cm³/mol. The number of hydrogen-bond acceptors (Lipinski definition) is 4. The zero-order valence-corrected chi connectivity index (χ0v) is 16.2. The molecule has 1 aromatic carbocycles. The van der Waals surface area contributed by atoms with Crippen molar-refractivity contribution in [3.63, 3.8) is 0 Å². The van der Waals surface area contributed by atoms with E-state index < -0.39 is 0 Å². The van der Waals surface area contributed by atoms with E-state index in [2.05, 4.69) is 10.2 Å². The molecule has 2 heterocycles. The SMILES string of the molecule is O=C(Nc1cccc(C(=O)N2CCN(C3CCCC3)CC2)c1)c1cccs1. The van der Waals surface area contributed by atoms with Crippen LogP contribution in [0.3, 0.4) is 0 Å². The van der Waals surface area contributed by atoms with Crippen molar-refractivity contribution in [2.24, 2.45) is 0 Å². The molecule has 2 fully saturated rings. The van der Waals surface area contributed by atoms with E-state index in [-0.39, 0.29) is 11.8 Å². The number of rotatable bonds is 4. The van der Waals surface area contributed by atoms with Crippen molar-refractivity contribution < 1.29 is 9.59 Å². The molecule has 0 unspecified atom stereocenters. The quantitative estimate of drug-likeness (QED) is 0.876. The Labute approximate surface area is 164 Å². The molecule has 27 heavy (non-hydrogen) atoms. The maximum Gasteiger partial charge on any atom is 0.265 e. The zero-order chi connectivity index (χ0) is 18.6. The molecule has 0 atom stereocenters. The molecule has 2 aliphatic rings. The van der Waals surface area contributed by atoms with Gasteiger partial charge in [-0.1, -0.05) is 25.0 Å². The van der Waals surface area contributed by atoms with Gasteiger partial charge in [0.1, 0.15) is 0 Å². The summed E-state index contributed by atoms with van der Waals surface area (Å²) < 4.78 is 0. The third-order valence-corrected chi connectivity index (χ3v) is 6.42. The molecule has 1 saturated heterocycles. The number of carbonyl (C=O) groups excluding carboxylic acids is 2. The minimum atomic E-state index is -0.139. The lowest BCUT2D eigenvalue weighted by Gasteiger charge is -2.38. The summed E-state index contributed by atoms with van der Waals surface area (Å²) in [6.07, 6.45) is 5.29. The fraction of sp³-hybridized carbons (Fsp3) is 0.429. The lowest BCUT2D eigenvalue weighted by molar-refractivity contribution is 0.0573. The van der Waals surface area contributed by atoms with Gasteiger partial charge in [-0.2, -0.15) is 0 Å². The molecule has 1 N–H and O–H groups in total. The van der Waals surface area contributed by atoms with E-state index >= 15 is 0 Å². The van der Waals surface area contributed by atoms with Crippen LogP contribution in [0, 0.1) is 0 Å². The number of amides is 2. The van der Waals surface area contributed by atoms with Crippen LogP contribution in [0.4, 0.5) is 5.69 Å². The summed E-state index contributed by atoms with van der Waals surface area (Å²) in [4.78, 5) is 30.3. The fourth-order valence-corrected chi connectivity index (χ4v) is 4.69. The second-order valence-corrected chi connectivity index (χ2v) is 8.23. The van der Waals surface area contributed by atoms with Gasteiger partial charge in [0.15, 0.2) is 0 Å². The Morgan fingerprint density at radius 1 is 1.00 bits per heavy atom. The summed E-state index contributed by atoms with van der Waals surface area (Å²) in [5.74, 6) is -0.0897. The highest BCUT2D eigenvalue weighted by atomic mass is 32.1. The molecule has 142 valence electrons. The van der Waals surface area contributed by atoms with Gasteiger partial charge in [-0.3, -0.25) is 14.5 Å². The van der Waals surface area contributed by atoms with E-state index in [1.807, 2.05) is 34.5 Å². The summed E-state index contributed by atoms with van der Waals surface area (Å²) in [7, 11) is 0. The lowest BCUT2D eigenvalue weighted by Crippen LogP contribution is -2.51. The van der Waals surface area contributed by atoms with Crippen LogP contribution < -0.4 is 5.32 Å². The van der Waals surface area contributed by atoms with Crippen molar-refractivity contribution >= 4 is 28.8 Å². The van der Waals surface area contributed by atoms with Crippen molar-refractivity contribution in [3.8, 4) is 0 Å². The van der Waals surface area contributed by atoms with Crippen LogP contribution in [-0.2, 0) is 0 Å². The first-order valence-corrected chi connectivity index (χ1v) is 10.6. The van der Waals surface area contributed by atoms with Gasteiger partial charge in [-0.15, -0.1) is 11.3 Å². The Morgan fingerprint density at radius 3 is 2.48 bits per heavy atom. The fourth-order valence-electron chi connectivity index (χ4n) is 4.07. The zero-order valence-electron chi connectivity index (χ0n) is 15.4. The van der Waals surface area contributed by atoms with Gasteiger partial charge in [0, 0.05) is 43.5 Å². The van der Waals surface area contributed by atoms with Gasteiger partial charge in [-0.05, 0) is 42.5 Å². The van der Waals surface area contributed by atoms with E-state index in [4.69, 9.17) is 0 Å². The highest BCUT2D eigenvalue weighted by Crippen LogP contribution is 2.25. The van der Waals surface area contributed by atoms with E-state index in [0.717, 1.165) is 32.2 Å². The first-order valence-electron chi connectivity index (χ1n) is 9.69. The minimum absolute atomic E-state index is 0.0493. The van der Waals surface area contributed by atoms with E-state index in [9.17, 15) is 9.59 Å². The van der Waals surface area contributed by atoms with Gasteiger partial charge in [0.05, 0.1) is 4.88 Å². The van der Waals surface area contributed by atoms with Crippen LogP contribution in [0.2, 0.25) is 0 Å². The van der Waals surface area contributed by atoms with Gasteiger partial charge in [-0.25, -0.2) is 0 Å². The Kier molecular flexibility index (Phi) is 5.55. The van der Waals surface area contributed by atoms with Crippen LogP contribution in [0.15, 0.2) is 41.8 Å². The summed E-state index contributed by atoms with van der Waals surface area (Å²) in [5, 5.41) is 4.75. The first kappa shape index (κ1) is 18.2. The van der Waals surface area contributed by atoms with Crippen molar-refractivity contribution in [1.29, 1.82) is 0 Å². The number of carbonyl (C=O) groups is 2. The van der Waals surface area contributed by atoms with Crippen LogP contribution >= 0.6 is 11.3 Å². The molecular formula is C21H25N3O2S. The average Bonchev–Trinajstić information content (AvgIpc) is 3.42. The highest BCUT2D eigenvalue weighted by molar-refractivity contribution is 7.12. The van der Waals surface area contributed by atoms with Crippen molar-refractivity contribution in [3.05, 3.63) is 52.2 Å². The molecule has 4 rings (SSSR count). The monoisotopic (exact) mass is 383 g/mol. The molecule has 1 aliphatic carbocycles. The molecule has 1 aromatic heterocycles. The van der Waals surface area contributed by atoms with Gasteiger partial charge < -0.3 is 10.2 Å². The predicted octanol–water partition coefficient (Wildman–Crippen LogP) is 3.70. The molecule has 5 nitrogen and oxygen atoms in total.